The molecule has 0 bridgehead atoms. The van der Waals surface area contributed by atoms with Gasteiger partial charge in [0.25, 0.3) is 0 Å². The normalized spacial score (nSPS) is 13.2. The maximum atomic E-state index is 11.8. The second-order valence-corrected chi connectivity index (χ2v) is 6.50. The highest BCUT2D eigenvalue weighted by atomic mass is 32.2. The van der Waals surface area contributed by atoms with Crippen LogP contribution in [0.5, 0.6) is 0 Å². The number of hydrogen-bond donors (Lipinski definition) is 1. The number of amides is 1. The number of aryl methyl sites for hydroxylation is 1. The fourth-order valence-electron chi connectivity index (χ4n) is 2.53. The number of carbonyl (C=O) groups excluding carboxylic acids is 1. The van der Waals surface area contributed by atoms with Crippen molar-refractivity contribution in [3.63, 3.8) is 0 Å². The molecule has 1 aliphatic rings. The number of methoxy groups -OCH3 is 1. The van der Waals surface area contributed by atoms with Crippen LogP contribution in [0.2, 0.25) is 0 Å². The van der Waals surface area contributed by atoms with Gasteiger partial charge in [0.2, 0.25) is 11.9 Å². The molecule has 1 aromatic heterocycles. The average Bonchev–Trinajstić information content (AvgIpc) is 3.16. The highest BCUT2D eigenvalue weighted by Gasteiger charge is 2.26. The van der Waals surface area contributed by atoms with Gasteiger partial charge >= 0.3 is 0 Å². The molecule has 128 valence electrons. The molecule has 7 nitrogen and oxygen atoms in total. The van der Waals surface area contributed by atoms with Gasteiger partial charge in [-0.3, -0.25) is 9.36 Å². The van der Waals surface area contributed by atoms with Gasteiger partial charge in [0.05, 0.1) is 12.4 Å². The van der Waals surface area contributed by atoms with Gasteiger partial charge in [0.1, 0.15) is 0 Å². The Bertz CT molecular complexity index is 701. The molecule has 2 heterocycles. The summed E-state index contributed by atoms with van der Waals surface area (Å²) < 4.78 is 6.97. The lowest BCUT2D eigenvalue weighted by atomic mass is 10.2. The van der Waals surface area contributed by atoms with E-state index in [4.69, 9.17) is 4.74 Å². The summed E-state index contributed by atoms with van der Waals surface area (Å²) in [6, 6.07) is 8.37. The number of thioether (sulfide) groups is 1. The minimum Gasteiger partial charge on any atom is -0.383 e. The monoisotopic (exact) mass is 347 g/mol. The maximum Gasteiger partial charge on any atom is 0.232 e. The average molecular weight is 347 g/mol. The van der Waals surface area contributed by atoms with Crippen molar-refractivity contribution >= 4 is 29.3 Å². The number of fused-ring (bicyclic) bond motifs is 1. The Morgan fingerprint density at radius 3 is 2.83 bits per heavy atom. The Labute approximate surface area is 145 Å². The molecule has 1 N–H and O–H groups in total. The van der Waals surface area contributed by atoms with E-state index in [-0.39, 0.29) is 5.91 Å². The van der Waals surface area contributed by atoms with Crippen LogP contribution in [0.1, 0.15) is 5.56 Å². The van der Waals surface area contributed by atoms with Crippen LogP contribution in [0.25, 0.3) is 0 Å². The van der Waals surface area contributed by atoms with Crippen LogP contribution in [0, 0.1) is 6.92 Å². The largest absolute Gasteiger partial charge is 0.383 e. The molecule has 0 saturated heterocycles. The first-order valence-electron chi connectivity index (χ1n) is 7.85. The quantitative estimate of drug-likeness (QED) is 0.606. The summed E-state index contributed by atoms with van der Waals surface area (Å²) in [5.41, 5.74) is 2.34. The molecular formula is C16H21N5O2S. The lowest BCUT2D eigenvalue weighted by Crippen LogP contribution is -2.28. The van der Waals surface area contributed by atoms with E-state index in [1.54, 1.807) is 7.11 Å². The second kappa shape index (κ2) is 7.67. The summed E-state index contributed by atoms with van der Waals surface area (Å²) in [4.78, 5) is 13.9. The number of nitrogens with zero attached hydrogens (tertiary/aromatic N) is 4. The molecule has 0 aliphatic carbocycles. The van der Waals surface area contributed by atoms with E-state index in [2.05, 4.69) is 56.2 Å². The molecule has 0 saturated carbocycles. The lowest BCUT2D eigenvalue weighted by Gasteiger charge is -2.15. The third kappa shape index (κ3) is 3.70. The van der Waals surface area contributed by atoms with Gasteiger partial charge in [-0.1, -0.05) is 29.5 Å². The number of ether oxygens (including phenoxy) is 1. The highest BCUT2D eigenvalue weighted by Crippen LogP contribution is 2.31. The van der Waals surface area contributed by atoms with Crippen LogP contribution in [-0.2, 0) is 16.1 Å². The molecule has 24 heavy (non-hydrogen) atoms. The Kier molecular flexibility index (Phi) is 5.37. The molecule has 0 atom stereocenters. The summed E-state index contributed by atoms with van der Waals surface area (Å²) in [6.45, 7) is 4.80. The molecule has 1 aliphatic heterocycles. The molecule has 0 spiro atoms. The van der Waals surface area contributed by atoms with Gasteiger partial charge in [-0.2, -0.15) is 0 Å². The van der Waals surface area contributed by atoms with Crippen LogP contribution >= 0.6 is 11.8 Å². The SMILES string of the molecule is COCCNC(=O)CSc1nnc2n1CCN2c1ccc(C)cc1. The van der Waals surface area contributed by atoms with Crippen molar-refractivity contribution < 1.29 is 9.53 Å². The Morgan fingerprint density at radius 2 is 2.08 bits per heavy atom. The van der Waals surface area contributed by atoms with Gasteiger partial charge in [0.15, 0.2) is 5.16 Å². The van der Waals surface area contributed by atoms with Crippen LogP contribution < -0.4 is 10.2 Å². The minimum absolute atomic E-state index is 0.0252. The van der Waals surface area contributed by atoms with Crippen LogP contribution in [0.4, 0.5) is 11.6 Å². The van der Waals surface area contributed by atoms with Crippen molar-refractivity contribution in [3.8, 4) is 0 Å². The Hall–Kier alpha value is -2.06. The summed E-state index contributed by atoms with van der Waals surface area (Å²) in [5, 5.41) is 12.1. The van der Waals surface area contributed by atoms with Crippen LogP contribution in [0.3, 0.4) is 0 Å². The van der Waals surface area contributed by atoms with Gasteiger partial charge in [-0.05, 0) is 19.1 Å². The van der Waals surface area contributed by atoms with Crippen LogP contribution in [-0.4, -0.2) is 53.2 Å². The van der Waals surface area contributed by atoms with E-state index >= 15 is 0 Å². The maximum absolute atomic E-state index is 11.8. The number of hydrogen-bond acceptors (Lipinski definition) is 6. The number of rotatable bonds is 7. The molecule has 0 fully saturated rings. The first-order valence-corrected chi connectivity index (χ1v) is 8.83. The molecule has 0 unspecified atom stereocenters. The van der Waals surface area contributed by atoms with E-state index in [0.29, 0.717) is 18.9 Å². The third-order valence-electron chi connectivity index (χ3n) is 3.79. The zero-order chi connectivity index (χ0) is 16.9. The predicted octanol–water partition coefficient (Wildman–Crippen LogP) is 1.59. The number of carbonyl (C=O) groups is 1. The number of aromatic nitrogens is 3. The van der Waals surface area contributed by atoms with Gasteiger partial charge in [-0.15, -0.1) is 10.2 Å². The standard InChI is InChI=1S/C16H21N5O2S/c1-12-3-5-13(6-4-12)20-8-9-21-15(20)18-19-16(21)24-11-14(22)17-7-10-23-2/h3-6H,7-11H2,1-2H3,(H,17,22). The van der Waals surface area contributed by atoms with Gasteiger partial charge in [0, 0.05) is 32.4 Å². The topological polar surface area (TPSA) is 72.3 Å². The van der Waals surface area contributed by atoms with Crippen molar-refractivity contribution in [2.45, 2.75) is 18.6 Å². The van der Waals surface area contributed by atoms with Crippen molar-refractivity contribution in [3.05, 3.63) is 29.8 Å². The van der Waals surface area contributed by atoms with Crippen molar-refractivity contribution in [2.24, 2.45) is 0 Å². The Balaban J connectivity index is 1.62. The Morgan fingerprint density at radius 1 is 1.29 bits per heavy atom. The molecule has 3 rings (SSSR count). The lowest BCUT2D eigenvalue weighted by molar-refractivity contribution is -0.118. The smallest absolute Gasteiger partial charge is 0.232 e. The molecule has 1 amide bonds. The van der Waals surface area contributed by atoms with E-state index in [9.17, 15) is 4.79 Å². The number of anilines is 2. The van der Waals surface area contributed by atoms with Gasteiger partial charge in [-0.25, -0.2) is 0 Å². The second-order valence-electron chi connectivity index (χ2n) is 5.55. The fraction of sp³-hybridized carbons (Fsp3) is 0.438. The van der Waals surface area contributed by atoms with Crippen molar-refractivity contribution in [1.82, 2.24) is 20.1 Å². The molecule has 0 radical (unpaired) electrons. The third-order valence-corrected chi connectivity index (χ3v) is 4.76. The summed E-state index contributed by atoms with van der Waals surface area (Å²) in [6.07, 6.45) is 0. The first-order chi connectivity index (χ1) is 11.7. The van der Waals surface area contributed by atoms with Crippen molar-refractivity contribution in [2.75, 3.05) is 37.5 Å². The molecule has 8 heteroatoms. The first kappa shape index (κ1) is 16.8. The van der Waals surface area contributed by atoms with Crippen LogP contribution in [0.15, 0.2) is 29.4 Å². The highest BCUT2D eigenvalue weighted by molar-refractivity contribution is 7.99. The molecule has 1 aromatic carbocycles. The zero-order valence-corrected chi connectivity index (χ0v) is 14.7. The van der Waals surface area contributed by atoms with Crippen molar-refractivity contribution in [1.29, 1.82) is 0 Å². The van der Waals surface area contributed by atoms with E-state index < -0.39 is 0 Å². The minimum atomic E-state index is -0.0252. The van der Waals surface area contributed by atoms with E-state index in [1.807, 2.05) is 0 Å². The predicted molar refractivity (Wildman–Crippen MR) is 93.8 cm³/mol. The summed E-state index contributed by atoms with van der Waals surface area (Å²) in [7, 11) is 1.61. The zero-order valence-electron chi connectivity index (χ0n) is 13.9. The summed E-state index contributed by atoms with van der Waals surface area (Å²) >= 11 is 1.41. The fourth-order valence-corrected chi connectivity index (χ4v) is 3.32. The van der Waals surface area contributed by atoms with E-state index in [1.165, 1.54) is 17.3 Å². The number of nitrogens with one attached hydrogen (secondary N) is 1. The van der Waals surface area contributed by atoms with Gasteiger partial charge < -0.3 is 15.0 Å². The molecular weight excluding hydrogens is 326 g/mol. The number of benzene rings is 1. The van der Waals surface area contributed by atoms with E-state index in [0.717, 1.165) is 29.9 Å². The molecule has 2 aromatic rings. The summed E-state index contributed by atoms with van der Waals surface area (Å²) in [5.74, 6) is 1.13.